The van der Waals surface area contributed by atoms with Gasteiger partial charge in [0.05, 0.1) is 31.0 Å². The third-order valence-corrected chi connectivity index (χ3v) is 3.61. The van der Waals surface area contributed by atoms with Crippen molar-refractivity contribution in [1.29, 1.82) is 0 Å². The SMILES string of the molecule is O=C(Cc1cc2nc(-c3cnco3)ccc2cn1)Cn1ccnc1. The number of Topliss-reactive ketones (excluding diaryl/α,β-unsaturated/α-hetero) is 1. The molecular weight excluding hydrogens is 306 g/mol. The van der Waals surface area contributed by atoms with E-state index in [0.717, 1.165) is 10.9 Å². The Morgan fingerprint density at radius 3 is 2.96 bits per heavy atom. The minimum Gasteiger partial charge on any atom is -0.442 e. The van der Waals surface area contributed by atoms with Gasteiger partial charge in [0.2, 0.25) is 0 Å². The molecule has 118 valence electrons. The Balaban J connectivity index is 1.58. The van der Waals surface area contributed by atoms with Crippen LogP contribution in [0.4, 0.5) is 0 Å². The monoisotopic (exact) mass is 319 g/mol. The molecule has 0 fully saturated rings. The van der Waals surface area contributed by atoms with Crippen LogP contribution < -0.4 is 0 Å². The molecule has 4 aromatic heterocycles. The molecule has 0 atom stereocenters. The predicted molar refractivity (Wildman–Crippen MR) is 86.0 cm³/mol. The summed E-state index contributed by atoms with van der Waals surface area (Å²) in [5.74, 6) is 0.665. The summed E-state index contributed by atoms with van der Waals surface area (Å²) in [6, 6.07) is 5.61. The van der Waals surface area contributed by atoms with E-state index < -0.39 is 0 Å². The second kappa shape index (κ2) is 6.04. The number of nitrogens with zero attached hydrogens (tertiary/aromatic N) is 5. The lowest BCUT2D eigenvalue weighted by Crippen LogP contribution is -2.12. The Morgan fingerprint density at radius 1 is 1.21 bits per heavy atom. The highest BCUT2D eigenvalue weighted by atomic mass is 16.3. The zero-order chi connectivity index (χ0) is 16.4. The van der Waals surface area contributed by atoms with E-state index in [1.54, 1.807) is 35.7 Å². The van der Waals surface area contributed by atoms with Gasteiger partial charge in [-0.3, -0.25) is 9.78 Å². The minimum atomic E-state index is 0.0613. The smallest absolute Gasteiger partial charge is 0.181 e. The molecule has 0 spiro atoms. The van der Waals surface area contributed by atoms with Crippen LogP contribution in [0.15, 0.2) is 60.1 Å². The molecule has 7 nitrogen and oxygen atoms in total. The molecule has 7 heteroatoms. The maximum atomic E-state index is 12.1. The number of carbonyl (C=O) groups is 1. The molecule has 0 saturated carbocycles. The Morgan fingerprint density at radius 2 is 2.17 bits per heavy atom. The van der Waals surface area contributed by atoms with Gasteiger partial charge in [-0.05, 0) is 18.2 Å². The molecular formula is C17H13N5O2. The van der Waals surface area contributed by atoms with Crippen LogP contribution in [0.5, 0.6) is 0 Å². The number of rotatable bonds is 5. The average Bonchev–Trinajstić information content (AvgIpc) is 3.27. The molecule has 4 heterocycles. The number of hydrogen-bond acceptors (Lipinski definition) is 6. The third kappa shape index (κ3) is 2.91. The summed E-state index contributed by atoms with van der Waals surface area (Å²) in [6.07, 6.45) is 10.00. The molecule has 0 aliphatic carbocycles. The van der Waals surface area contributed by atoms with Gasteiger partial charge in [-0.1, -0.05) is 0 Å². The summed E-state index contributed by atoms with van der Waals surface area (Å²) in [4.78, 5) is 28.9. The van der Waals surface area contributed by atoms with Gasteiger partial charge in [0.15, 0.2) is 17.9 Å². The summed E-state index contributed by atoms with van der Waals surface area (Å²) in [7, 11) is 0. The number of ketones is 1. The number of fused-ring (bicyclic) bond motifs is 1. The Bertz CT molecular complexity index is 978. The van der Waals surface area contributed by atoms with Crippen molar-refractivity contribution in [3.8, 4) is 11.5 Å². The van der Waals surface area contributed by atoms with E-state index in [0.29, 0.717) is 17.1 Å². The van der Waals surface area contributed by atoms with Crippen molar-refractivity contribution in [2.45, 2.75) is 13.0 Å². The molecule has 0 saturated heterocycles. The van der Waals surface area contributed by atoms with E-state index in [9.17, 15) is 4.79 Å². The molecule has 0 aromatic carbocycles. The highest BCUT2D eigenvalue weighted by Crippen LogP contribution is 2.20. The minimum absolute atomic E-state index is 0.0613. The maximum Gasteiger partial charge on any atom is 0.181 e. The van der Waals surface area contributed by atoms with E-state index in [1.807, 2.05) is 18.2 Å². The number of hydrogen-bond donors (Lipinski definition) is 0. The molecule has 0 aliphatic heterocycles. The Kier molecular flexibility index (Phi) is 3.59. The first-order chi connectivity index (χ1) is 11.8. The van der Waals surface area contributed by atoms with E-state index in [4.69, 9.17) is 4.42 Å². The summed E-state index contributed by atoms with van der Waals surface area (Å²) in [6.45, 7) is 0.283. The van der Waals surface area contributed by atoms with Gasteiger partial charge in [0.1, 0.15) is 5.69 Å². The first-order valence-electron chi connectivity index (χ1n) is 7.40. The van der Waals surface area contributed by atoms with Crippen LogP contribution in [-0.2, 0) is 17.8 Å². The van der Waals surface area contributed by atoms with Crippen LogP contribution in [0, 0.1) is 0 Å². The van der Waals surface area contributed by atoms with Crippen LogP contribution >= 0.6 is 0 Å². The highest BCUT2D eigenvalue weighted by Gasteiger charge is 2.09. The summed E-state index contributed by atoms with van der Waals surface area (Å²) in [5.41, 5.74) is 2.15. The van der Waals surface area contributed by atoms with E-state index in [1.165, 1.54) is 6.39 Å². The number of oxazole rings is 1. The zero-order valence-corrected chi connectivity index (χ0v) is 12.7. The van der Waals surface area contributed by atoms with Crippen molar-refractivity contribution in [3.05, 3.63) is 61.4 Å². The van der Waals surface area contributed by atoms with Gasteiger partial charge in [-0.2, -0.15) is 0 Å². The van der Waals surface area contributed by atoms with Gasteiger partial charge in [-0.15, -0.1) is 0 Å². The predicted octanol–water partition coefficient (Wildman–Crippen LogP) is 2.29. The van der Waals surface area contributed by atoms with Crippen molar-refractivity contribution in [2.24, 2.45) is 0 Å². The number of aromatic nitrogens is 5. The topological polar surface area (TPSA) is 86.7 Å². The van der Waals surface area contributed by atoms with Crippen molar-refractivity contribution in [2.75, 3.05) is 0 Å². The van der Waals surface area contributed by atoms with E-state index >= 15 is 0 Å². The number of carbonyl (C=O) groups excluding carboxylic acids is 1. The molecule has 0 aliphatic rings. The first kappa shape index (κ1) is 14.3. The molecule has 0 radical (unpaired) electrons. The maximum absolute atomic E-state index is 12.1. The molecule has 24 heavy (non-hydrogen) atoms. The second-order valence-electron chi connectivity index (χ2n) is 5.38. The second-order valence-corrected chi connectivity index (χ2v) is 5.38. The van der Waals surface area contributed by atoms with E-state index in [-0.39, 0.29) is 18.7 Å². The van der Waals surface area contributed by atoms with Crippen LogP contribution in [0.2, 0.25) is 0 Å². The number of pyridine rings is 2. The van der Waals surface area contributed by atoms with Crippen LogP contribution in [0.3, 0.4) is 0 Å². The lowest BCUT2D eigenvalue weighted by Gasteiger charge is -2.04. The van der Waals surface area contributed by atoms with Gasteiger partial charge in [0, 0.05) is 29.7 Å². The number of imidazole rings is 1. The third-order valence-electron chi connectivity index (χ3n) is 3.61. The zero-order valence-electron chi connectivity index (χ0n) is 12.7. The average molecular weight is 319 g/mol. The van der Waals surface area contributed by atoms with Crippen molar-refractivity contribution < 1.29 is 9.21 Å². The van der Waals surface area contributed by atoms with Crippen LogP contribution in [-0.4, -0.2) is 30.3 Å². The first-order valence-corrected chi connectivity index (χ1v) is 7.40. The molecule has 0 unspecified atom stereocenters. The lowest BCUT2D eigenvalue weighted by atomic mass is 10.1. The van der Waals surface area contributed by atoms with Crippen LogP contribution in [0.1, 0.15) is 5.69 Å². The summed E-state index contributed by atoms with van der Waals surface area (Å²) < 4.78 is 7.01. The fourth-order valence-corrected chi connectivity index (χ4v) is 2.48. The standard InChI is InChI=1S/C17H13N5O2/c23-14(9-22-4-3-18-10-22)5-13-6-16-12(7-20-13)1-2-15(21-16)17-8-19-11-24-17/h1-4,6-8,10-11H,5,9H2. The quantitative estimate of drug-likeness (QED) is 0.561. The molecule has 0 bridgehead atoms. The molecule has 4 rings (SSSR count). The Labute approximate surface area is 137 Å². The van der Waals surface area contributed by atoms with Crippen molar-refractivity contribution >= 4 is 16.7 Å². The summed E-state index contributed by atoms with van der Waals surface area (Å²) >= 11 is 0. The summed E-state index contributed by atoms with van der Waals surface area (Å²) in [5, 5.41) is 0.907. The lowest BCUT2D eigenvalue weighted by molar-refractivity contribution is -0.119. The van der Waals surface area contributed by atoms with Gasteiger partial charge in [0.25, 0.3) is 0 Å². The fourth-order valence-electron chi connectivity index (χ4n) is 2.48. The molecule has 0 N–H and O–H groups in total. The Hall–Kier alpha value is -3.35. The van der Waals surface area contributed by atoms with Gasteiger partial charge >= 0.3 is 0 Å². The fraction of sp³-hybridized carbons (Fsp3) is 0.118. The van der Waals surface area contributed by atoms with Crippen LogP contribution in [0.25, 0.3) is 22.4 Å². The van der Waals surface area contributed by atoms with Gasteiger partial charge in [-0.25, -0.2) is 15.0 Å². The largest absolute Gasteiger partial charge is 0.442 e. The van der Waals surface area contributed by atoms with Gasteiger partial charge < -0.3 is 8.98 Å². The van der Waals surface area contributed by atoms with Crippen molar-refractivity contribution in [1.82, 2.24) is 24.5 Å². The highest BCUT2D eigenvalue weighted by molar-refractivity contribution is 5.83. The van der Waals surface area contributed by atoms with Crippen molar-refractivity contribution in [3.63, 3.8) is 0 Å². The normalized spacial score (nSPS) is 11.0. The molecule has 0 amide bonds. The molecule has 4 aromatic rings. The van der Waals surface area contributed by atoms with E-state index in [2.05, 4.69) is 19.9 Å².